The lowest BCUT2D eigenvalue weighted by molar-refractivity contribution is -0.149. The van der Waals surface area contributed by atoms with E-state index < -0.39 is 24.5 Å². The van der Waals surface area contributed by atoms with Gasteiger partial charge in [-0.25, -0.2) is 13.6 Å². The fourth-order valence-electron chi connectivity index (χ4n) is 1.62. The SMILES string of the molecule is CCOC(=O)C(NC=O)C(O)c1ccc(C(F)F)cc1. The molecule has 2 unspecified atom stereocenters. The maximum Gasteiger partial charge on any atom is 0.331 e. The van der Waals surface area contributed by atoms with Gasteiger partial charge in [0.2, 0.25) is 6.41 Å². The fourth-order valence-corrected chi connectivity index (χ4v) is 1.62. The molecule has 1 rings (SSSR count). The first kappa shape index (κ1) is 16.0. The lowest BCUT2D eigenvalue weighted by atomic mass is 10.0. The van der Waals surface area contributed by atoms with Crippen LogP contribution in [0.5, 0.6) is 0 Å². The molecule has 0 aliphatic carbocycles. The van der Waals surface area contributed by atoms with E-state index in [9.17, 15) is 23.5 Å². The standard InChI is InChI=1S/C13H15F2NO4/c1-2-20-13(19)10(16-7-17)11(18)8-3-5-9(6-4-8)12(14)15/h3-7,10-12,18H,2H2,1H3,(H,16,17). The third-order valence-corrected chi connectivity index (χ3v) is 2.63. The predicted octanol–water partition coefficient (Wildman–Crippen LogP) is 1.34. The number of halogens is 2. The Kier molecular flexibility index (Phi) is 6.05. The summed E-state index contributed by atoms with van der Waals surface area (Å²) >= 11 is 0. The minimum absolute atomic E-state index is 0.0902. The molecule has 0 saturated heterocycles. The first-order valence-electron chi connectivity index (χ1n) is 5.93. The van der Waals surface area contributed by atoms with Gasteiger partial charge in [-0.15, -0.1) is 0 Å². The number of hydrogen-bond acceptors (Lipinski definition) is 4. The zero-order valence-corrected chi connectivity index (χ0v) is 10.8. The third kappa shape index (κ3) is 3.99. The first-order chi connectivity index (χ1) is 9.51. The van der Waals surface area contributed by atoms with Gasteiger partial charge in [-0.3, -0.25) is 4.79 Å². The summed E-state index contributed by atoms with van der Waals surface area (Å²) in [6.07, 6.45) is -3.74. The Morgan fingerprint density at radius 2 is 1.90 bits per heavy atom. The van der Waals surface area contributed by atoms with Gasteiger partial charge < -0.3 is 15.2 Å². The van der Waals surface area contributed by atoms with Crippen molar-refractivity contribution in [3.8, 4) is 0 Å². The van der Waals surface area contributed by atoms with E-state index >= 15 is 0 Å². The zero-order valence-electron chi connectivity index (χ0n) is 10.8. The molecule has 0 saturated carbocycles. The van der Waals surface area contributed by atoms with Gasteiger partial charge in [0.15, 0.2) is 6.04 Å². The predicted molar refractivity (Wildman–Crippen MR) is 66.0 cm³/mol. The summed E-state index contributed by atoms with van der Waals surface area (Å²) in [6, 6.07) is 3.54. The van der Waals surface area contributed by atoms with Crippen molar-refractivity contribution in [2.75, 3.05) is 6.61 Å². The van der Waals surface area contributed by atoms with Gasteiger partial charge in [0, 0.05) is 5.56 Å². The molecule has 0 bridgehead atoms. The molecule has 2 N–H and O–H groups in total. The van der Waals surface area contributed by atoms with Crippen LogP contribution in [0.15, 0.2) is 24.3 Å². The number of hydrogen-bond donors (Lipinski definition) is 2. The number of nitrogens with one attached hydrogen (secondary N) is 1. The van der Waals surface area contributed by atoms with Crippen molar-refractivity contribution in [1.82, 2.24) is 5.32 Å². The van der Waals surface area contributed by atoms with Gasteiger partial charge in [0.1, 0.15) is 6.10 Å². The minimum atomic E-state index is -2.62. The number of esters is 1. The van der Waals surface area contributed by atoms with Crippen molar-refractivity contribution in [3.63, 3.8) is 0 Å². The van der Waals surface area contributed by atoms with Crippen LogP contribution < -0.4 is 5.32 Å². The fraction of sp³-hybridized carbons (Fsp3) is 0.385. The highest BCUT2D eigenvalue weighted by Gasteiger charge is 2.29. The number of alkyl halides is 2. The quantitative estimate of drug-likeness (QED) is 0.586. The number of amides is 1. The smallest absolute Gasteiger partial charge is 0.331 e. The van der Waals surface area contributed by atoms with E-state index in [1.54, 1.807) is 6.92 Å². The number of ether oxygens (including phenoxy) is 1. The van der Waals surface area contributed by atoms with Crippen LogP contribution in [0.1, 0.15) is 30.6 Å². The monoisotopic (exact) mass is 287 g/mol. The van der Waals surface area contributed by atoms with Crippen LogP contribution in [0.4, 0.5) is 8.78 Å². The Hall–Kier alpha value is -2.02. The molecule has 0 aliphatic heterocycles. The van der Waals surface area contributed by atoms with Crippen molar-refractivity contribution in [1.29, 1.82) is 0 Å². The molecule has 1 amide bonds. The van der Waals surface area contributed by atoms with Crippen LogP contribution in [0.25, 0.3) is 0 Å². The molecular formula is C13H15F2NO4. The average molecular weight is 287 g/mol. The molecule has 0 heterocycles. The highest BCUT2D eigenvalue weighted by molar-refractivity contribution is 5.79. The largest absolute Gasteiger partial charge is 0.464 e. The van der Waals surface area contributed by atoms with E-state index in [2.05, 4.69) is 5.32 Å². The lowest BCUT2D eigenvalue weighted by Crippen LogP contribution is -2.42. The Labute approximate surface area is 114 Å². The molecule has 2 atom stereocenters. The molecular weight excluding hydrogens is 272 g/mol. The van der Waals surface area contributed by atoms with Crippen LogP contribution in [0.2, 0.25) is 0 Å². The second-order valence-corrected chi connectivity index (χ2v) is 3.93. The normalized spacial score (nSPS) is 13.7. The number of benzene rings is 1. The Balaban J connectivity index is 2.90. The highest BCUT2D eigenvalue weighted by Crippen LogP contribution is 2.23. The molecule has 110 valence electrons. The second-order valence-electron chi connectivity index (χ2n) is 3.93. The number of carbonyl (C=O) groups is 2. The molecule has 5 nitrogen and oxygen atoms in total. The van der Waals surface area contributed by atoms with Crippen LogP contribution in [0, 0.1) is 0 Å². The van der Waals surface area contributed by atoms with E-state index in [0.717, 1.165) is 12.1 Å². The summed E-state index contributed by atoms with van der Waals surface area (Å²) in [7, 11) is 0. The average Bonchev–Trinajstić information content (AvgIpc) is 2.44. The number of carbonyl (C=O) groups excluding carboxylic acids is 2. The second kappa shape index (κ2) is 7.54. The van der Waals surface area contributed by atoms with Gasteiger partial charge in [-0.1, -0.05) is 24.3 Å². The Morgan fingerprint density at radius 3 is 2.35 bits per heavy atom. The molecule has 1 aromatic carbocycles. The van der Waals surface area contributed by atoms with Crippen LogP contribution >= 0.6 is 0 Å². The molecule has 1 aromatic rings. The molecule has 0 spiro atoms. The highest BCUT2D eigenvalue weighted by atomic mass is 19.3. The molecule has 0 fully saturated rings. The molecule has 0 aromatic heterocycles. The topological polar surface area (TPSA) is 75.6 Å². The number of aliphatic hydroxyl groups is 1. The maximum atomic E-state index is 12.4. The van der Waals surface area contributed by atoms with Crippen molar-refractivity contribution in [2.24, 2.45) is 0 Å². The summed E-state index contributed by atoms with van der Waals surface area (Å²) in [6.45, 7) is 1.67. The van der Waals surface area contributed by atoms with Crippen LogP contribution in [-0.2, 0) is 14.3 Å². The van der Waals surface area contributed by atoms with Crippen molar-refractivity contribution in [3.05, 3.63) is 35.4 Å². The van der Waals surface area contributed by atoms with E-state index in [0.29, 0.717) is 0 Å². The van der Waals surface area contributed by atoms with Crippen molar-refractivity contribution in [2.45, 2.75) is 25.5 Å². The first-order valence-corrected chi connectivity index (χ1v) is 5.93. The maximum absolute atomic E-state index is 12.4. The van der Waals surface area contributed by atoms with Crippen molar-refractivity contribution < 1.29 is 28.2 Å². The Bertz CT molecular complexity index is 450. The third-order valence-electron chi connectivity index (χ3n) is 2.63. The number of rotatable bonds is 7. The van der Waals surface area contributed by atoms with Gasteiger partial charge in [-0.2, -0.15) is 0 Å². The molecule has 0 radical (unpaired) electrons. The van der Waals surface area contributed by atoms with Gasteiger partial charge >= 0.3 is 5.97 Å². The lowest BCUT2D eigenvalue weighted by Gasteiger charge is -2.21. The molecule has 7 heteroatoms. The van der Waals surface area contributed by atoms with Gasteiger partial charge in [0.05, 0.1) is 6.61 Å². The summed E-state index contributed by atoms with van der Waals surface area (Å²) in [5.74, 6) is -0.801. The summed E-state index contributed by atoms with van der Waals surface area (Å²) in [5.41, 5.74) is 0.0267. The van der Waals surface area contributed by atoms with E-state index in [1.807, 2.05) is 0 Å². The van der Waals surface area contributed by atoms with Crippen LogP contribution in [-0.4, -0.2) is 30.1 Å². The van der Waals surface area contributed by atoms with Gasteiger partial charge in [0.25, 0.3) is 6.43 Å². The summed E-state index contributed by atoms with van der Waals surface area (Å²) in [5, 5.41) is 12.2. The number of aliphatic hydroxyl groups excluding tert-OH is 1. The van der Waals surface area contributed by atoms with Crippen LogP contribution in [0.3, 0.4) is 0 Å². The summed E-state index contributed by atoms with van der Waals surface area (Å²) in [4.78, 5) is 22.1. The zero-order chi connectivity index (χ0) is 15.1. The van der Waals surface area contributed by atoms with E-state index in [4.69, 9.17) is 4.74 Å². The van der Waals surface area contributed by atoms with E-state index in [-0.39, 0.29) is 24.1 Å². The minimum Gasteiger partial charge on any atom is -0.464 e. The summed E-state index contributed by atoms with van der Waals surface area (Å²) < 4.78 is 29.5. The Morgan fingerprint density at radius 1 is 1.35 bits per heavy atom. The van der Waals surface area contributed by atoms with Crippen molar-refractivity contribution >= 4 is 12.4 Å². The molecule has 0 aliphatic rings. The van der Waals surface area contributed by atoms with E-state index in [1.165, 1.54) is 12.1 Å². The molecule has 20 heavy (non-hydrogen) atoms. The van der Waals surface area contributed by atoms with Gasteiger partial charge in [-0.05, 0) is 12.5 Å².